The number of nitrogens with one attached hydrogen (secondary N) is 1. The Hall–Kier alpha value is -2.20. The standard InChI is InChI=1S/C23H28Cl3N3O5S/c1-15(23(31)27-2)28(14-16-7-9-18(24)19(25)12-16)22(30)6-5-11-29(35(4,32)33)17-8-10-21(34-3)20(26)13-17/h7-10,12-13,15H,5-6,11,14H2,1-4H3,(H,27,31)/t15-/m0/s1. The van der Waals surface area contributed by atoms with Crippen LogP contribution in [0.2, 0.25) is 15.1 Å². The molecule has 8 nitrogen and oxygen atoms in total. The summed E-state index contributed by atoms with van der Waals surface area (Å²) in [7, 11) is -0.693. The number of nitrogens with zero attached hydrogens (tertiary/aromatic N) is 2. The second kappa shape index (κ2) is 12.7. The van der Waals surface area contributed by atoms with E-state index in [0.29, 0.717) is 27.0 Å². The fourth-order valence-electron chi connectivity index (χ4n) is 3.44. The number of hydrogen-bond acceptors (Lipinski definition) is 5. The number of benzene rings is 2. The third-order valence-corrected chi connectivity index (χ3v) is 7.55. The van der Waals surface area contributed by atoms with Gasteiger partial charge in [0.25, 0.3) is 0 Å². The van der Waals surface area contributed by atoms with Gasteiger partial charge in [0, 0.05) is 26.6 Å². The Morgan fingerprint density at radius 3 is 2.29 bits per heavy atom. The van der Waals surface area contributed by atoms with Gasteiger partial charge in [0.2, 0.25) is 21.8 Å². The molecule has 35 heavy (non-hydrogen) atoms. The van der Waals surface area contributed by atoms with E-state index in [4.69, 9.17) is 39.5 Å². The van der Waals surface area contributed by atoms with Gasteiger partial charge in [-0.15, -0.1) is 0 Å². The summed E-state index contributed by atoms with van der Waals surface area (Å²) in [5.41, 5.74) is 1.06. The van der Waals surface area contributed by atoms with Crippen LogP contribution in [-0.4, -0.2) is 58.1 Å². The number of carbonyl (C=O) groups excluding carboxylic acids is 2. The van der Waals surface area contributed by atoms with E-state index in [0.717, 1.165) is 6.26 Å². The Morgan fingerprint density at radius 1 is 1.06 bits per heavy atom. The van der Waals surface area contributed by atoms with Crippen molar-refractivity contribution in [3.8, 4) is 5.75 Å². The van der Waals surface area contributed by atoms with Crippen molar-refractivity contribution in [2.24, 2.45) is 0 Å². The first-order chi connectivity index (χ1) is 16.4. The minimum atomic E-state index is -3.65. The highest BCUT2D eigenvalue weighted by Gasteiger charge is 2.26. The van der Waals surface area contributed by atoms with Gasteiger partial charge in [-0.05, 0) is 49.2 Å². The number of amides is 2. The minimum absolute atomic E-state index is 0.0125. The van der Waals surface area contributed by atoms with Crippen LogP contribution in [0.1, 0.15) is 25.3 Å². The summed E-state index contributed by atoms with van der Waals surface area (Å²) in [6.07, 6.45) is 1.31. The van der Waals surface area contributed by atoms with Gasteiger partial charge < -0.3 is 15.0 Å². The smallest absolute Gasteiger partial charge is 0.242 e. The fraction of sp³-hybridized carbons (Fsp3) is 0.391. The SMILES string of the molecule is CNC(=O)[C@H](C)N(Cc1ccc(Cl)c(Cl)c1)C(=O)CCCN(c1ccc(OC)c(Cl)c1)S(C)(=O)=O. The molecule has 2 rings (SSSR count). The van der Waals surface area contributed by atoms with Gasteiger partial charge in [0.15, 0.2) is 0 Å². The second-order valence-corrected chi connectivity index (χ2v) is 10.9. The fourth-order valence-corrected chi connectivity index (χ4v) is 4.97. The van der Waals surface area contributed by atoms with Gasteiger partial charge in [-0.25, -0.2) is 8.42 Å². The lowest BCUT2D eigenvalue weighted by Gasteiger charge is -2.29. The zero-order valence-corrected chi connectivity index (χ0v) is 22.9. The number of carbonyl (C=O) groups is 2. The number of likely N-dealkylation sites (N-methyl/N-ethyl adjacent to an activating group) is 1. The molecule has 0 aliphatic carbocycles. The zero-order chi connectivity index (χ0) is 26.3. The van der Waals surface area contributed by atoms with Crippen LogP contribution in [0.4, 0.5) is 5.69 Å². The molecule has 0 saturated carbocycles. The molecule has 0 unspecified atom stereocenters. The topological polar surface area (TPSA) is 96.0 Å². The number of methoxy groups -OCH3 is 1. The van der Waals surface area contributed by atoms with Crippen molar-refractivity contribution in [2.75, 3.05) is 31.3 Å². The van der Waals surface area contributed by atoms with Crippen LogP contribution < -0.4 is 14.4 Å². The summed E-state index contributed by atoms with van der Waals surface area (Å²) in [5, 5.41) is 3.53. The first-order valence-corrected chi connectivity index (χ1v) is 13.6. The van der Waals surface area contributed by atoms with Crippen LogP contribution in [0, 0.1) is 0 Å². The number of sulfonamides is 1. The molecule has 12 heteroatoms. The van der Waals surface area contributed by atoms with Gasteiger partial charge in [0.05, 0.1) is 34.1 Å². The molecule has 2 aromatic carbocycles. The zero-order valence-electron chi connectivity index (χ0n) is 19.8. The number of rotatable bonds is 11. The second-order valence-electron chi connectivity index (χ2n) is 7.82. The highest BCUT2D eigenvalue weighted by molar-refractivity contribution is 7.92. The Labute approximate surface area is 221 Å². The molecule has 0 aliphatic rings. The summed E-state index contributed by atoms with van der Waals surface area (Å²) < 4.78 is 31.1. The van der Waals surface area contributed by atoms with Gasteiger partial charge in [-0.2, -0.15) is 0 Å². The number of ether oxygens (including phenoxy) is 1. The van der Waals surface area contributed by atoms with E-state index in [1.54, 1.807) is 37.3 Å². The Morgan fingerprint density at radius 2 is 1.74 bits per heavy atom. The normalized spacial score (nSPS) is 12.1. The third kappa shape index (κ3) is 7.90. The number of hydrogen-bond donors (Lipinski definition) is 1. The van der Waals surface area contributed by atoms with Crippen molar-refractivity contribution in [3.63, 3.8) is 0 Å². The van der Waals surface area contributed by atoms with Crippen molar-refractivity contribution in [1.29, 1.82) is 0 Å². The van der Waals surface area contributed by atoms with Crippen LogP contribution in [0.15, 0.2) is 36.4 Å². The van der Waals surface area contributed by atoms with E-state index in [1.807, 2.05) is 0 Å². The average Bonchev–Trinajstić information content (AvgIpc) is 2.80. The minimum Gasteiger partial charge on any atom is -0.495 e. The molecule has 0 fully saturated rings. The van der Waals surface area contributed by atoms with E-state index in [-0.39, 0.29) is 42.8 Å². The summed E-state index contributed by atoms with van der Waals surface area (Å²) >= 11 is 18.2. The van der Waals surface area contributed by atoms with Gasteiger partial charge >= 0.3 is 0 Å². The molecule has 2 amide bonds. The summed E-state index contributed by atoms with van der Waals surface area (Å²) in [6.45, 7) is 1.80. The van der Waals surface area contributed by atoms with E-state index in [2.05, 4.69) is 5.32 Å². The lowest BCUT2D eigenvalue weighted by Crippen LogP contribution is -2.46. The Balaban J connectivity index is 2.19. The van der Waals surface area contributed by atoms with Gasteiger partial charge in [-0.3, -0.25) is 13.9 Å². The van der Waals surface area contributed by atoms with Crippen LogP contribution >= 0.6 is 34.8 Å². The lowest BCUT2D eigenvalue weighted by atomic mass is 10.1. The maximum Gasteiger partial charge on any atom is 0.242 e. The van der Waals surface area contributed by atoms with Crippen LogP contribution in [-0.2, 0) is 26.2 Å². The highest BCUT2D eigenvalue weighted by atomic mass is 35.5. The summed E-state index contributed by atoms with van der Waals surface area (Å²) in [6, 6.07) is 8.88. The van der Waals surface area contributed by atoms with Crippen LogP contribution in [0.25, 0.3) is 0 Å². The molecule has 0 heterocycles. The van der Waals surface area contributed by atoms with Crippen molar-refractivity contribution in [2.45, 2.75) is 32.4 Å². The van der Waals surface area contributed by atoms with Gasteiger partial charge in [-0.1, -0.05) is 40.9 Å². The van der Waals surface area contributed by atoms with Crippen molar-refractivity contribution >= 4 is 62.3 Å². The van der Waals surface area contributed by atoms with E-state index < -0.39 is 16.1 Å². The molecule has 0 aromatic heterocycles. The molecule has 1 N–H and O–H groups in total. The molecule has 192 valence electrons. The maximum atomic E-state index is 13.1. The first kappa shape index (κ1) is 29.0. The molecule has 0 radical (unpaired) electrons. The molecule has 1 atom stereocenters. The molecular formula is C23H28Cl3N3O5S. The molecule has 0 aliphatic heterocycles. The third-order valence-electron chi connectivity index (χ3n) is 5.33. The van der Waals surface area contributed by atoms with E-state index >= 15 is 0 Å². The predicted octanol–water partition coefficient (Wildman–Crippen LogP) is 4.36. The number of halogens is 3. The molecule has 0 spiro atoms. The highest BCUT2D eigenvalue weighted by Crippen LogP contribution is 2.30. The Bertz CT molecular complexity index is 1180. The number of anilines is 1. The monoisotopic (exact) mass is 563 g/mol. The van der Waals surface area contributed by atoms with Gasteiger partial charge in [0.1, 0.15) is 11.8 Å². The van der Waals surface area contributed by atoms with Crippen LogP contribution in [0.5, 0.6) is 5.75 Å². The molecule has 2 aromatic rings. The first-order valence-electron chi connectivity index (χ1n) is 10.6. The summed E-state index contributed by atoms with van der Waals surface area (Å²) in [4.78, 5) is 26.9. The van der Waals surface area contributed by atoms with Crippen molar-refractivity contribution < 1.29 is 22.7 Å². The lowest BCUT2D eigenvalue weighted by molar-refractivity contribution is -0.140. The van der Waals surface area contributed by atoms with Crippen molar-refractivity contribution in [3.05, 3.63) is 57.0 Å². The predicted molar refractivity (Wildman–Crippen MR) is 140 cm³/mol. The van der Waals surface area contributed by atoms with E-state index in [1.165, 1.54) is 29.4 Å². The Kier molecular flexibility index (Phi) is 10.5. The maximum absolute atomic E-state index is 13.1. The molecular weight excluding hydrogens is 537 g/mol. The van der Waals surface area contributed by atoms with E-state index in [9.17, 15) is 18.0 Å². The quantitative estimate of drug-likeness (QED) is 0.437. The average molecular weight is 565 g/mol. The van der Waals surface area contributed by atoms with Crippen LogP contribution in [0.3, 0.4) is 0 Å². The largest absolute Gasteiger partial charge is 0.495 e. The summed E-state index contributed by atoms with van der Waals surface area (Å²) in [5.74, 6) is -0.224. The molecule has 0 saturated heterocycles. The molecule has 0 bridgehead atoms. The van der Waals surface area contributed by atoms with Crippen molar-refractivity contribution in [1.82, 2.24) is 10.2 Å².